The van der Waals surface area contributed by atoms with Crippen molar-refractivity contribution in [1.82, 2.24) is 4.90 Å². The smallest absolute Gasteiger partial charge is 0.337 e. The van der Waals surface area contributed by atoms with E-state index in [0.29, 0.717) is 0 Å². The van der Waals surface area contributed by atoms with Gasteiger partial charge in [0, 0.05) is 6.04 Å². The van der Waals surface area contributed by atoms with Crippen LogP contribution in [0.25, 0.3) is 0 Å². The quantitative estimate of drug-likeness (QED) is 0.817. The molecule has 1 fully saturated rings. The first-order chi connectivity index (χ1) is 11.5. The molecule has 0 aromatic heterocycles. The maximum Gasteiger partial charge on any atom is 0.337 e. The van der Waals surface area contributed by atoms with E-state index in [1.807, 2.05) is 0 Å². The minimum Gasteiger partial charge on any atom is -0.478 e. The molecular weight excluding hydrogens is 332 g/mol. The number of aromatic carboxylic acids is 1. The highest BCUT2D eigenvalue weighted by Crippen LogP contribution is 2.32. The Bertz CT molecular complexity index is 738. The number of carboxylic acid groups (broad SMARTS) is 1. The third-order valence-corrected chi connectivity index (χ3v) is 4.77. The van der Waals surface area contributed by atoms with Gasteiger partial charge >= 0.3 is 5.97 Å². The lowest BCUT2D eigenvalue weighted by Gasteiger charge is -2.29. The monoisotopic (exact) mass is 348 g/mol. The van der Waals surface area contributed by atoms with E-state index in [4.69, 9.17) is 11.6 Å². The second-order valence-corrected chi connectivity index (χ2v) is 6.31. The van der Waals surface area contributed by atoms with Crippen LogP contribution in [0.2, 0.25) is 0 Å². The van der Waals surface area contributed by atoms with Gasteiger partial charge in [-0.05, 0) is 25.0 Å². The summed E-state index contributed by atoms with van der Waals surface area (Å²) in [7, 11) is 0. The average Bonchev–Trinajstić information content (AvgIpc) is 2.79. The van der Waals surface area contributed by atoms with Gasteiger partial charge in [-0.3, -0.25) is 14.5 Å². The Balaban J connectivity index is 1.87. The zero-order chi connectivity index (χ0) is 17.3. The Labute approximate surface area is 144 Å². The number of carboxylic acids is 1. The molecule has 1 aromatic rings. The number of para-hydroxylation sites is 1. The number of rotatable bonds is 4. The fourth-order valence-electron chi connectivity index (χ4n) is 3.21. The molecule has 0 bridgehead atoms. The van der Waals surface area contributed by atoms with E-state index in [-0.39, 0.29) is 28.0 Å². The van der Waals surface area contributed by atoms with Crippen LogP contribution in [-0.4, -0.2) is 33.8 Å². The Morgan fingerprint density at radius 2 is 1.79 bits per heavy atom. The number of carbonyl (C=O) groups is 3. The Kier molecular flexibility index (Phi) is 4.57. The van der Waals surface area contributed by atoms with Gasteiger partial charge in [-0.1, -0.05) is 43.0 Å². The van der Waals surface area contributed by atoms with Gasteiger partial charge in [0.1, 0.15) is 10.7 Å². The van der Waals surface area contributed by atoms with E-state index < -0.39 is 17.8 Å². The zero-order valence-corrected chi connectivity index (χ0v) is 13.7. The minimum absolute atomic E-state index is 0.00540. The summed E-state index contributed by atoms with van der Waals surface area (Å²) in [5.74, 6) is -2.13. The van der Waals surface area contributed by atoms with Gasteiger partial charge < -0.3 is 10.4 Å². The number of hydrogen-bond acceptors (Lipinski definition) is 4. The molecule has 24 heavy (non-hydrogen) atoms. The van der Waals surface area contributed by atoms with E-state index in [9.17, 15) is 19.5 Å². The Hall–Kier alpha value is -2.34. The second kappa shape index (κ2) is 6.65. The lowest BCUT2D eigenvalue weighted by Crippen LogP contribution is -2.42. The van der Waals surface area contributed by atoms with Crippen molar-refractivity contribution in [1.29, 1.82) is 0 Å². The second-order valence-electron chi connectivity index (χ2n) is 5.94. The third kappa shape index (κ3) is 2.89. The summed E-state index contributed by atoms with van der Waals surface area (Å²) in [5.41, 5.74) is 0.177. The van der Waals surface area contributed by atoms with Crippen molar-refractivity contribution >= 4 is 35.1 Å². The summed E-state index contributed by atoms with van der Waals surface area (Å²) in [6.45, 7) is 0. The lowest BCUT2D eigenvalue weighted by atomic mass is 9.94. The summed E-state index contributed by atoms with van der Waals surface area (Å²) in [4.78, 5) is 37.6. The van der Waals surface area contributed by atoms with E-state index in [1.54, 1.807) is 12.1 Å². The normalized spacial score (nSPS) is 19.1. The first-order valence-electron chi connectivity index (χ1n) is 7.87. The molecule has 0 spiro atoms. The number of halogens is 1. The predicted molar refractivity (Wildman–Crippen MR) is 88.6 cm³/mol. The number of carbonyl (C=O) groups excluding carboxylic acids is 2. The van der Waals surface area contributed by atoms with Crippen LogP contribution >= 0.6 is 11.6 Å². The van der Waals surface area contributed by atoms with E-state index in [0.717, 1.165) is 32.1 Å². The molecule has 2 N–H and O–H groups in total. The van der Waals surface area contributed by atoms with Gasteiger partial charge in [-0.15, -0.1) is 0 Å². The van der Waals surface area contributed by atoms with Crippen molar-refractivity contribution in [3.05, 3.63) is 40.6 Å². The topological polar surface area (TPSA) is 86.7 Å². The SMILES string of the molecule is O=C(O)c1ccccc1NC1=C(Cl)C(=O)N(C2CCCCC2)C1=O. The molecular formula is C17H17ClN2O4. The molecule has 1 heterocycles. The van der Waals surface area contributed by atoms with Crippen LogP contribution in [0.4, 0.5) is 5.69 Å². The number of nitrogens with zero attached hydrogens (tertiary/aromatic N) is 1. The molecule has 0 atom stereocenters. The third-order valence-electron chi connectivity index (χ3n) is 4.42. The van der Waals surface area contributed by atoms with Gasteiger partial charge in [-0.25, -0.2) is 4.79 Å². The summed E-state index contributed by atoms with van der Waals surface area (Å²) < 4.78 is 0. The highest BCUT2D eigenvalue weighted by Gasteiger charge is 2.42. The van der Waals surface area contributed by atoms with Crippen LogP contribution in [0.1, 0.15) is 42.5 Å². The molecule has 1 saturated carbocycles. The van der Waals surface area contributed by atoms with Crippen LogP contribution in [0.5, 0.6) is 0 Å². The molecule has 1 aliphatic heterocycles. The highest BCUT2D eigenvalue weighted by molar-refractivity contribution is 6.48. The maximum absolute atomic E-state index is 12.7. The minimum atomic E-state index is -1.13. The Morgan fingerprint density at radius 3 is 2.46 bits per heavy atom. The first-order valence-corrected chi connectivity index (χ1v) is 8.25. The molecule has 3 rings (SSSR count). The van der Waals surface area contributed by atoms with Gasteiger partial charge in [0.05, 0.1) is 11.3 Å². The fraction of sp³-hybridized carbons (Fsp3) is 0.353. The summed E-state index contributed by atoms with van der Waals surface area (Å²) >= 11 is 6.08. The number of anilines is 1. The first kappa shape index (κ1) is 16.5. The predicted octanol–water partition coefficient (Wildman–Crippen LogP) is 2.95. The molecule has 0 unspecified atom stereocenters. The Morgan fingerprint density at radius 1 is 1.12 bits per heavy atom. The molecule has 0 radical (unpaired) electrons. The van der Waals surface area contributed by atoms with Crippen molar-refractivity contribution in [2.45, 2.75) is 38.1 Å². The standard InChI is InChI=1S/C17H17ClN2O4/c18-13-14(19-12-9-5-4-8-11(12)17(23)24)16(22)20(15(13)21)10-6-2-1-3-7-10/h4-5,8-10,19H,1-3,6-7H2,(H,23,24). The number of benzene rings is 1. The molecule has 6 nitrogen and oxygen atoms in total. The van der Waals surface area contributed by atoms with Crippen LogP contribution in [0.15, 0.2) is 35.0 Å². The number of hydrogen-bond donors (Lipinski definition) is 2. The molecule has 2 amide bonds. The lowest BCUT2D eigenvalue weighted by molar-refractivity contribution is -0.140. The van der Waals surface area contributed by atoms with Crippen molar-refractivity contribution in [3.8, 4) is 0 Å². The van der Waals surface area contributed by atoms with Gasteiger partial charge in [-0.2, -0.15) is 0 Å². The maximum atomic E-state index is 12.7. The van der Waals surface area contributed by atoms with Crippen molar-refractivity contribution in [2.24, 2.45) is 0 Å². The fourth-order valence-corrected chi connectivity index (χ4v) is 3.43. The van der Waals surface area contributed by atoms with Gasteiger partial charge in [0.25, 0.3) is 11.8 Å². The van der Waals surface area contributed by atoms with Crippen LogP contribution in [0, 0.1) is 0 Å². The number of nitrogens with one attached hydrogen (secondary N) is 1. The van der Waals surface area contributed by atoms with Crippen LogP contribution in [0.3, 0.4) is 0 Å². The molecule has 0 saturated heterocycles. The van der Waals surface area contributed by atoms with E-state index in [1.165, 1.54) is 17.0 Å². The largest absolute Gasteiger partial charge is 0.478 e. The highest BCUT2D eigenvalue weighted by atomic mass is 35.5. The zero-order valence-electron chi connectivity index (χ0n) is 12.9. The van der Waals surface area contributed by atoms with E-state index in [2.05, 4.69) is 5.32 Å². The molecule has 2 aliphatic rings. The van der Waals surface area contributed by atoms with Crippen LogP contribution < -0.4 is 5.32 Å². The van der Waals surface area contributed by atoms with Crippen molar-refractivity contribution < 1.29 is 19.5 Å². The van der Waals surface area contributed by atoms with Crippen molar-refractivity contribution in [3.63, 3.8) is 0 Å². The van der Waals surface area contributed by atoms with Crippen molar-refractivity contribution in [2.75, 3.05) is 5.32 Å². The number of amides is 2. The molecule has 1 aliphatic carbocycles. The molecule has 7 heteroatoms. The summed E-state index contributed by atoms with van der Waals surface area (Å²) in [5, 5.41) is 11.8. The summed E-state index contributed by atoms with van der Waals surface area (Å²) in [6, 6.07) is 6.03. The summed E-state index contributed by atoms with van der Waals surface area (Å²) in [6.07, 6.45) is 4.61. The van der Waals surface area contributed by atoms with Gasteiger partial charge in [0.2, 0.25) is 0 Å². The van der Waals surface area contributed by atoms with Gasteiger partial charge in [0.15, 0.2) is 0 Å². The number of imide groups is 1. The van der Waals surface area contributed by atoms with E-state index >= 15 is 0 Å². The molecule has 1 aromatic carbocycles. The average molecular weight is 349 g/mol. The van der Waals surface area contributed by atoms with Crippen LogP contribution in [-0.2, 0) is 9.59 Å². The molecule has 126 valence electrons.